The van der Waals surface area contributed by atoms with Crippen LogP contribution in [0.2, 0.25) is 5.02 Å². The van der Waals surface area contributed by atoms with Crippen LogP contribution in [0.15, 0.2) is 35.4 Å². The SMILES string of the molecule is CON(C)C=O.[B]C([B])(Oc1cc(C)n(-c2cc(C)ncc2C)c(=O)c1Cl)c1ncc(F)cc1F. The van der Waals surface area contributed by atoms with Crippen molar-refractivity contribution in [2.24, 2.45) is 0 Å². The van der Waals surface area contributed by atoms with Crippen molar-refractivity contribution in [1.82, 2.24) is 19.6 Å². The minimum absolute atomic E-state index is 0.163. The molecule has 35 heavy (non-hydrogen) atoms. The molecule has 3 aromatic heterocycles. The molecule has 0 saturated carbocycles. The Kier molecular flexibility index (Phi) is 9.17. The van der Waals surface area contributed by atoms with E-state index in [0.717, 1.165) is 16.8 Å². The minimum atomic E-state index is -2.30. The van der Waals surface area contributed by atoms with Crippen LogP contribution in [0.5, 0.6) is 5.75 Å². The van der Waals surface area contributed by atoms with Gasteiger partial charge < -0.3 is 4.74 Å². The predicted octanol–water partition coefficient (Wildman–Crippen LogP) is 2.65. The summed E-state index contributed by atoms with van der Waals surface area (Å²) in [6, 6.07) is 3.75. The van der Waals surface area contributed by atoms with E-state index in [4.69, 9.17) is 32.0 Å². The van der Waals surface area contributed by atoms with Crippen molar-refractivity contribution >= 4 is 33.7 Å². The predicted molar refractivity (Wildman–Crippen MR) is 128 cm³/mol. The van der Waals surface area contributed by atoms with Gasteiger partial charge in [0.15, 0.2) is 0 Å². The Balaban J connectivity index is 0.000000641. The van der Waals surface area contributed by atoms with Gasteiger partial charge in [0, 0.05) is 36.8 Å². The molecule has 0 fully saturated rings. The second-order valence-corrected chi connectivity index (χ2v) is 7.81. The zero-order valence-electron chi connectivity index (χ0n) is 19.7. The van der Waals surface area contributed by atoms with Crippen LogP contribution < -0.4 is 10.3 Å². The van der Waals surface area contributed by atoms with E-state index in [-0.39, 0.29) is 10.8 Å². The van der Waals surface area contributed by atoms with Gasteiger partial charge in [-0.1, -0.05) is 11.6 Å². The minimum Gasteiger partial charge on any atom is -0.499 e. The third-order valence-electron chi connectivity index (χ3n) is 4.65. The lowest BCUT2D eigenvalue weighted by atomic mass is 9.62. The van der Waals surface area contributed by atoms with E-state index in [1.54, 1.807) is 33.0 Å². The second-order valence-electron chi connectivity index (χ2n) is 7.43. The Bertz CT molecular complexity index is 1290. The van der Waals surface area contributed by atoms with Crippen LogP contribution in [-0.2, 0) is 15.0 Å². The highest BCUT2D eigenvalue weighted by Crippen LogP contribution is 2.30. The van der Waals surface area contributed by atoms with Gasteiger partial charge in [0.1, 0.15) is 43.8 Å². The second kappa shape index (κ2) is 11.5. The highest BCUT2D eigenvalue weighted by Gasteiger charge is 2.29. The quantitative estimate of drug-likeness (QED) is 0.294. The lowest BCUT2D eigenvalue weighted by Crippen LogP contribution is -2.37. The summed E-state index contributed by atoms with van der Waals surface area (Å²) >= 11 is 6.21. The molecule has 0 atom stereocenters. The number of pyridine rings is 3. The molecule has 0 saturated heterocycles. The molecule has 0 spiro atoms. The van der Waals surface area contributed by atoms with Crippen molar-refractivity contribution in [3.8, 4) is 11.4 Å². The molecule has 3 rings (SSSR count). The number of ether oxygens (including phenoxy) is 1. The molecule has 1 amide bonds. The maximum absolute atomic E-state index is 14.0. The van der Waals surface area contributed by atoms with Gasteiger partial charge in [-0.2, -0.15) is 0 Å². The molecule has 3 aromatic rings. The number of nitrogens with zero attached hydrogens (tertiary/aromatic N) is 4. The number of carbonyl (C=O) groups excluding carboxylic acids is 1. The van der Waals surface area contributed by atoms with E-state index in [9.17, 15) is 18.4 Å². The zero-order valence-corrected chi connectivity index (χ0v) is 20.4. The zero-order chi connectivity index (χ0) is 26.5. The molecule has 0 unspecified atom stereocenters. The van der Waals surface area contributed by atoms with Crippen LogP contribution in [-0.4, -0.2) is 55.9 Å². The lowest BCUT2D eigenvalue weighted by Gasteiger charge is -2.28. The molecule has 8 nitrogen and oxygen atoms in total. The molecule has 0 bridgehead atoms. The fourth-order valence-corrected chi connectivity index (χ4v) is 3.06. The van der Waals surface area contributed by atoms with E-state index in [2.05, 4.69) is 14.8 Å². The summed E-state index contributed by atoms with van der Waals surface area (Å²) in [4.78, 5) is 34.6. The molecule has 0 aliphatic rings. The fraction of sp³-hybridized carbons (Fsp3) is 0.273. The van der Waals surface area contributed by atoms with Gasteiger partial charge in [0.25, 0.3) is 5.56 Å². The van der Waals surface area contributed by atoms with Crippen molar-refractivity contribution in [2.75, 3.05) is 14.2 Å². The molecular weight excluding hydrogens is 479 g/mol. The monoisotopic (exact) mass is 500 g/mol. The Morgan fingerprint density at radius 2 is 1.80 bits per heavy atom. The number of hydroxylamine groups is 2. The summed E-state index contributed by atoms with van der Waals surface area (Å²) in [7, 11) is 14.6. The van der Waals surface area contributed by atoms with E-state index in [0.29, 0.717) is 29.6 Å². The summed E-state index contributed by atoms with van der Waals surface area (Å²) in [5, 5.41) is -1.54. The average molecular weight is 501 g/mol. The lowest BCUT2D eigenvalue weighted by molar-refractivity contribution is -0.153. The molecular formula is C22H21B2ClF2N4O4. The standard InChI is InChI=1S/C19H14B2ClF2N3O2.C3H7NO2/c1-9-7-25-10(2)4-14(9)27-11(3)5-15(16(22)18(27)28)29-19(20,21)17-13(24)6-12(23)8-26-17;1-4(3-5)6-2/h4-8H,1-3H3;3H,1-2H3. The van der Waals surface area contributed by atoms with Gasteiger partial charge in [0.05, 0.1) is 24.4 Å². The van der Waals surface area contributed by atoms with Crippen LogP contribution in [0.3, 0.4) is 0 Å². The van der Waals surface area contributed by atoms with Crippen LogP contribution in [0.4, 0.5) is 8.78 Å². The number of amides is 1. The first kappa shape index (κ1) is 28.0. The molecule has 0 aliphatic heterocycles. The van der Waals surface area contributed by atoms with Crippen LogP contribution >= 0.6 is 11.6 Å². The number of carbonyl (C=O) groups is 1. The van der Waals surface area contributed by atoms with Crippen LogP contribution in [0.1, 0.15) is 22.6 Å². The van der Waals surface area contributed by atoms with E-state index < -0.39 is 28.3 Å². The number of aryl methyl sites for hydroxylation is 3. The summed E-state index contributed by atoms with van der Waals surface area (Å²) in [5.41, 5.74) is 1.42. The third-order valence-corrected chi connectivity index (χ3v) is 4.99. The van der Waals surface area contributed by atoms with Crippen molar-refractivity contribution in [3.63, 3.8) is 0 Å². The third kappa shape index (κ3) is 6.67. The van der Waals surface area contributed by atoms with Crippen molar-refractivity contribution in [3.05, 3.63) is 80.2 Å². The number of aromatic nitrogens is 3. The van der Waals surface area contributed by atoms with Gasteiger partial charge in [-0.3, -0.25) is 29.0 Å². The summed E-state index contributed by atoms with van der Waals surface area (Å²) < 4.78 is 33.9. The normalized spacial score (nSPS) is 10.9. The van der Waals surface area contributed by atoms with Crippen LogP contribution in [0.25, 0.3) is 5.69 Å². The van der Waals surface area contributed by atoms with Gasteiger partial charge in [0.2, 0.25) is 6.41 Å². The van der Waals surface area contributed by atoms with E-state index in [1.807, 2.05) is 0 Å². The smallest absolute Gasteiger partial charge is 0.277 e. The number of rotatable bonds is 6. The largest absolute Gasteiger partial charge is 0.499 e. The molecule has 13 heteroatoms. The Hall–Kier alpha value is -3.24. The first-order valence-corrected chi connectivity index (χ1v) is 10.4. The van der Waals surface area contributed by atoms with Gasteiger partial charge >= 0.3 is 0 Å². The number of hydrogen-bond donors (Lipinski definition) is 0. The van der Waals surface area contributed by atoms with Crippen molar-refractivity contribution < 1.29 is 23.1 Å². The summed E-state index contributed by atoms with van der Waals surface area (Å²) in [6.45, 7) is 5.26. The molecule has 0 N–H and O–H groups in total. The molecule has 180 valence electrons. The molecule has 0 aliphatic carbocycles. The highest BCUT2D eigenvalue weighted by molar-refractivity contribution is 6.39. The van der Waals surface area contributed by atoms with Gasteiger partial charge in [-0.05, 0) is 32.4 Å². The molecule has 4 radical (unpaired) electrons. The topological polar surface area (TPSA) is 86.5 Å². The maximum Gasteiger partial charge on any atom is 0.277 e. The maximum atomic E-state index is 14.0. The molecule has 3 heterocycles. The highest BCUT2D eigenvalue weighted by atomic mass is 35.5. The van der Waals surface area contributed by atoms with E-state index >= 15 is 0 Å². The van der Waals surface area contributed by atoms with Crippen molar-refractivity contribution in [2.45, 2.75) is 26.2 Å². The summed E-state index contributed by atoms with van der Waals surface area (Å²) in [5.74, 6) is -2.16. The van der Waals surface area contributed by atoms with E-state index in [1.165, 1.54) is 24.8 Å². The average Bonchev–Trinajstić information content (AvgIpc) is 2.79. The van der Waals surface area contributed by atoms with Gasteiger partial charge in [-0.25, -0.2) is 13.8 Å². The van der Waals surface area contributed by atoms with Crippen LogP contribution in [0, 0.1) is 32.4 Å². The van der Waals surface area contributed by atoms with Gasteiger partial charge in [-0.15, -0.1) is 0 Å². The first-order chi connectivity index (χ1) is 16.3. The Morgan fingerprint density at radius 3 is 2.34 bits per heavy atom. The Morgan fingerprint density at radius 1 is 1.14 bits per heavy atom. The fourth-order valence-electron chi connectivity index (χ4n) is 2.89. The number of hydrogen-bond acceptors (Lipinski definition) is 6. The molecule has 0 aromatic carbocycles. The van der Waals surface area contributed by atoms with Crippen molar-refractivity contribution in [1.29, 1.82) is 0 Å². The number of halogens is 3. The Labute approximate surface area is 208 Å². The summed E-state index contributed by atoms with van der Waals surface area (Å²) in [6.07, 6.45) is 2.97. The first-order valence-electron chi connectivity index (χ1n) is 9.98.